The molecule has 1 aliphatic rings. The quantitative estimate of drug-likeness (QED) is 0.401. The van der Waals surface area contributed by atoms with Crippen LogP contribution in [0.3, 0.4) is 0 Å². The minimum atomic E-state index is -1.42. The fraction of sp³-hybridized carbons (Fsp3) is 0.240. The maximum atomic E-state index is 15.0. The van der Waals surface area contributed by atoms with Crippen molar-refractivity contribution in [1.82, 2.24) is 20.4 Å². The van der Waals surface area contributed by atoms with Crippen molar-refractivity contribution in [3.05, 3.63) is 65.9 Å². The number of hydrogen-bond donors (Lipinski definition) is 2. The summed E-state index contributed by atoms with van der Waals surface area (Å²) in [6.45, 7) is 4.12. The van der Waals surface area contributed by atoms with E-state index in [0.717, 1.165) is 17.7 Å². The van der Waals surface area contributed by atoms with Crippen LogP contribution in [0.4, 0.5) is 10.2 Å². The number of alkyl halides is 1. The van der Waals surface area contributed by atoms with E-state index >= 15 is 4.39 Å². The molecule has 2 unspecified atom stereocenters. The first-order chi connectivity index (χ1) is 16.3. The fourth-order valence-electron chi connectivity index (χ4n) is 4.07. The molecule has 0 bridgehead atoms. The first-order valence-electron chi connectivity index (χ1n) is 10.8. The van der Waals surface area contributed by atoms with Crippen LogP contribution in [0.25, 0.3) is 34.0 Å². The van der Waals surface area contributed by atoms with Crippen LogP contribution in [0.15, 0.2) is 64.1 Å². The van der Waals surface area contributed by atoms with Crippen LogP contribution in [0, 0.1) is 0 Å². The minimum absolute atomic E-state index is 0.208. The molecule has 0 fully saturated rings. The van der Waals surface area contributed by atoms with E-state index in [9.17, 15) is 4.55 Å². The van der Waals surface area contributed by atoms with Gasteiger partial charge in [-0.05, 0) is 55.8 Å². The molecule has 0 spiro atoms. The number of nitrogens with two attached hydrogens (primary N) is 1. The van der Waals surface area contributed by atoms with E-state index < -0.39 is 22.1 Å². The number of anilines is 1. The van der Waals surface area contributed by atoms with E-state index in [4.69, 9.17) is 10.3 Å². The number of nitrogens with one attached hydrogen (secondary N) is 1. The Morgan fingerprint density at radius 3 is 2.59 bits per heavy atom. The number of fused-ring (bicyclic) bond motifs is 1. The third-order valence-electron chi connectivity index (χ3n) is 6.04. The summed E-state index contributed by atoms with van der Waals surface area (Å²) in [5, 5.41) is 7.26. The fourth-order valence-corrected chi connectivity index (χ4v) is 5.52. The molecule has 2 aromatic carbocycles. The topological polar surface area (TPSA) is 113 Å². The van der Waals surface area contributed by atoms with E-state index in [1.807, 2.05) is 31.3 Å². The Balaban J connectivity index is 1.48. The molecule has 2 aromatic heterocycles. The zero-order chi connectivity index (χ0) is 24.0. The van der Waals surface area contributed by atoms with E-state index in [1.165, 1.54) is 6.20 Å². The first-order valence-corrected chi connectivity index (χ1v) is 12.0. The first kappa shape index (κ1) is 22.5. The van der Waals surface area contributed by atoms with Crippen molar-refractivity contribution in [2.75, 3.05) is 12.8 Å². The number of aromatic nitrogens is 3. The number of nitrogens with zero attached hydrogens (tertiary/aromatic N) is 3. The molecule has 0 aliphatic carbocycles. The van der Waals surface area contributed by atoms with Crippen LogP contribution in [-0.2, 0) is 17.7 Å². The second kappa shape index (κ2) is 8.50. The molecule has 9 heteroatoms. The number of hydrogen-bond acceptors (Lipinski definition) is 7. The lowest BCUT2D eigenvalue weighted by molar-refractivity contribution is 0.284. The Kier molecular flexibility index (Phi) is 5.63. The number of halogens is 1. The lowest BCUT2D eigenvalue weighted by atomic mass is 9.98. The van der Waals surface area contributed by atoms with Gasteiger partial charge in [0, 0.05) is 29.3 Å². The van der Waals surface area contributed by atoms with Crippen molar-refractivity contribution in [2.45, 2.75) is 36.2 Å². The Morgan fingerprint density at radius 1 is 1.12 bits per heavy atom. The molecule has 0 saturated heterocycles. The van der Waals surface area contributed by atoms with Gasteiger partial charge in [-0.25, -0.2) is 14.4 Å². The van der Waals surface area contributed by atoms with Crippen molar-refractivity contribution >= 4 is 17.0 Å². The van der Waals surface area contributed by atoms with Crippen molar-refractivity contribution in [3.8, 4) is 34.0 Å². The van der Waals surface area contributed by atoms with Gasteiger partial charge in [-0.2, -0.15) is 0 Å². The summed E-state index contributed by atoms with van der Waals surface area (Å²) in [4.78, 5) is 9.44. The smallest absolute Gasteiger partial charge is 0.180 e. The number of nitrogen functional groups attached to an aromatic ring is 1. The number of rotatable bonds is 5. The second-order valence-electron chi connectivity index (χ2n) is 8.78. The van der Waals surface area contributed by atoms with Gasteiger partial charge in [0.2, 0.25) is 0 Å². The molecular weight excluding hydrogens is 453 g/mol. The minimum Gasteiger partial charge on any atom is -0.611 e. The molecule has 7 nitrogen and oxygen atoms in total. The summed E-state index contributed by atoms with van der Waals surface area (Å²) in [7, 11) is 1.90. The van der Waals surface area contributed by atoms with Crippen molar-refractivity contribution < 1.29 is 13.5 Å². The van der Waals surface area contributed by atoms with Gasteiger partial charge in [0.1, 0.15) is 11.4 Å². The third kappa shape index (κ3) is 3.75. The molecule has 34 heavy (non-hydrogen) atoms. The molecule has 0 amide bonds. The van der Waals surface area contributed by atoms with Gasteiger partial charge in [0.15, 0.2) is 27.4 Å². The standard InChI is InChI=1S/C25H24FN5O2S/c1-25(2)23(26)17-10-16(8-9-21(17)34(25)32)19-13-29-24(27)22(30-19)18-11-20(33-31-18)15-6-4-14(5-7-15)12-28-3/h4-11,13,23,28H,12H2,1-3H3,(H2,27,29). The van der Waals surface area contributed by atoms with Crippen LogP contribution in [0.1, 0.15) is 31.1 Å². The van der Waals surface area contributed by atoms with Crippen LogP contribution >= 0.6 is 0 Å². The molecule has 1 aliphatic heterocycles. The zero-order valence-corrected chi connectivity index (χ0v) is 19.8. The lowest BCUT2D eigenvalue weighted by Crippen LogP contribution is -2.30. The van der Waals surface area contributed by atoms with Gasteiger partial charge < -0.3 is 20.1 Å². The normalized spacial score (nSPS) is 18.7. The Morgan fingerprint density at radius 2 is 1.85 bits per heavy atom. The van der Waals surface area contributed by atoms with Crippen molar-refractivity contribution in [3.63, 3.8) is 0 Å². The van der Waals surface area contributed by atoms with Gasteiger partial charge in [0.25, 0.3) is 0 Å². The highest BCUT2D eigenvalue weighted by atomic mass is 32.2. The van der Waals surface area contributed by atoms with E-state index in [-0.39, 0.29) is 5.82 Å². The van der Waals surface area contributed by atoms with Crippen LogP contribution in [0.2, 0.25) is 0 Å². The molecule has 3 heterocycles. The van der Waals surface area contributed by atoms with Crippen molar-refractivity contribution in [2.24, 2.45) is 0 Å². The zero-order valence-electron chi connectivity index (χ0n) is 19.0. The van der Waals surface area contributed by atoms with E-state index in [2.05, 4.69) is 20.4 Å². The maximum Gasteiger partial charge on any atom is 0.180 e. The van der Waals surface area contributed by atoms with Crippen LogP contribution in [0.5, 0.6) is 0 Å². The second-order valence-corrected chi connectivity index (χ2v) is 10.8. The lowest BCUT2D eigenvalue weighted by Gasteiger charge is -2.22. The van der Waals surface area contributed by atoms with Gasteiger partial charge in [-0.15, -0.1) is 0 Å². The van der Waals surface area contributed by atoms with Crippen LogP contribution in [-0.4, -0.2) is 31.5 Å². The summed E-state index contributed by atoms with van der Waals surface area (Å²) < 4.78 is 32.2. The average molecular weight is 478 g/mol. The largest absolute Gasteiger partial charge is 0.611 e. The summed E-state index contributed by atoms with van der Waals surface area (Å²) in [6, 6.07) is 14.9. The molecule has 0 radical (unpaired) electrons. The molecule has 2 atom stereocenters. The molecule has 4 aromatic rings. The SMILES string of the molecule is CNCc1ccc(-c2cc(-c3nc(-c4ccc5c(c4)C(F)C(C)(C)[S+]5[O-])cnc3N)no2)cc1. The highest BCUT2D eigenvalue weighted by Gasteiger charge is 2.52. The number of benzene rings is 2. The summed E-state index contributed by atoms with van der Waals surface area (Å²) in [5.74, 6) is 0.792. The highest BCUT2D eigenvalue weighted by Crippen LogP contribution is 2.49. The maximum absolute atomic E-state index is 15.0. The summed E-state index contributed by atoms with van der Waals surface area (Å²) in [6.07, 6.45) is 0.203. The van der Waals surface area contributed by atoms with Gasteiger partial charge in [-0.3, -0.25) is 0 Å². The monoisotopic (exact) mass is 477 g/mol. The molecule has 0 saturated carbocycles. The third-order valence-corrected chi connectivity index (χ3v) is 7.97. The molecule has 3 N–H and O–H groups in total. The Labute approximate surface area is 199 Å². The predicted octanol–water partition coefficient (Wildman–Crippen LogP) is 4.68. The Hall–Kier alpha value is -3.27. The molecule has 174 valence electrons. The summed E-state index contributed by atoms with van der Waals surface area (Å²) in [5.41, 5.74) is 10.6. The molecule has 5 rings (SSSR count). The van der Waals surface area contributed by atoms with Gasteiger partial charge in [0.05, 0.1) is 11.9 Å². The van der Waals surface area contributed by atoms with E-state index in [1.54, 1.807) is 38.1 Å². The van der Waals surface area contributed by atoms with Gasteiger partial charge in [-0.1, -0.05) is 29.4 Å². The Bertz CT molecular complexity index is 1360. The average Bonchev–Trinajstić information content (AvgIpc) is 3.39. The molecular formula is C25H24FN5O2S. The predicted molar refractivity (Wildman–Crippen MR) is 130 cm³/mol. The van der Waals surface area contributed by atoms with Gasteiger partial charge >= 0.3 is 0 Å². The van der Waals surface area contributed by atoms with Crippen molar-refractivity contribution in [1.29, 1.82) is 0 Å². The van der Waals surface area contributed by atoms with Crippen LogP contribution < -0.4 is 11.1 Å². The summed E-state index contributed by atoms with van der Waals surface area (Å²) >= 11 is -1.42. The highest BCUT2D eigenvalue weighted by molar-refractivity contribution is 7.93. The van der Waals surface area contributed by atoms with E-state index in [0.29, 0.717) is 38.9 Å².